The lowest BCUT2D eigenvalue weighted by Crippen LogP contribution is -2.39. The van der Waals surface area contributed by atoms with Gasteiger partial charge in [0, 0.05) is 23.5 Å². The van der Waals surface area contributed by atoms with Gasteiger partial charge in [0.15, 0.2) is 6.61 Å². The van der Waals surface area contributed by atoms with Crippen molar-refractivity contribution < 1.29 is 14.3 Å². The van der Waals surface area contributed by atoms with Gasteiger partial charge in [-0.1, -0.05) is 39.0 Å². The van der Waals surface area contributed by atoms with Crippen molar-refractivity contribution in [3.8, 4) is 0 Å². The first-order valence-corrected chi connectivity index (χ1v) is 9.29. The molecule has 5 heteroatoms. The van der Waals surface area contributed by atoms with Crippen LogP contribution >= 0.6 is 0 Å². The van der Waals surface area contributed by atoms with Crippen LogP contribution in [0, 0.1) is 10.8 Å². The van der Waals surface area contributed by atoms with Gasteiger partial charge in [0.2, 0.25) is 0 Å². The lowest BCUT2D eigenvalue weighted by Gasteiger charge is -2.39. The molecule has 5 nitrogen and oxygen atoms in total. The van der Waals surface area contributed by atoms with Crippen LogP contribution in [-0.4, -0.2) is 41.0 Å². The lowest BCUT2D eigenvalue weighted by molar-refractivity contribution is -0.135. The highest BCUT2D eigenvalue weighted by Gasteiger charge is 2.50. The van der Waals surface area contributed by atoms with E-state index in [1.54, 1.807) is 6.07 Å². The van der Waals surface area contributed by atoms with E-state index in [4.69, 9.17) is 4.74 Å². The largest absolute Gasteiger partial charge is 0.451 e. The number of benzene rings is 1. The number of nitrogens with one attached hydrogen (secondary N) is 1. The maximum atomic E-state index is 12.7. The SMILES string of the molecule is CC1(C)C[C@H]2C[C@](C)(CN2C(=O)COC(=O)c2cc3ccccc3[nH]2)C1. The van der Waals surface area contributed by atoms with Crippen molar-refractivity contribution in [1.29, 1.82) is 0 Å². The van der Waals surface area contributed by atoms with Gasteiger partial charge < -0.3 is 14.6 Å². The van der Waals surface area contributed by atoms with Gasteiger partial charge in [-0.15, -0.1) is 0 Å². The van der Waals surface area contributed by atoms with Crippen LogP contribution in [0.3, 0.4) is 0 Å². The molecule has 0 radical (unpaired) electrons. The topological polar surface area (TPSA) is 62.4 Å². The number of hydrogen-bond acceptors (Lipinski definition) is 3. The smallest absolute Gasteiger partial charge is 0.355 e. The molecule has 138 valence electrons. The van der Waals surface area contributed by atoms with E-state index in [9.17, 15) is 9.59 Å². The third kappa shape index (κ3) is 3.11. The van der Waals surface area contributed by atoms with E-state index < -0.39 is 5.97 Å². The Labute approximate surface area is 153 Å². The Hall–Kier alpha value is -2.30. The first-order valence-electron chi connectivity index (χ1n) is 9.29. The average Bonchev–Trinajstić information content (AvgIpc) is 3.09. The molecular formula is C21H26N2O3. The third-order valence-electron chi connectivity index (χ3n) is 5.81. The minimum atomic E-state index is -0.483. The van der Waals surface area contributed by atoms with Crippen LogP contribution < -0.4 is 0 Å². The van der Waals surface area contributed by atoms with E-state index in [2.05, 4.69) is 25.8 Å². The number of ether oxygens (including phenoxy) is 1. The molecule has 2 bridgehead atoms. The molecule has 1 aromatic carbocycles. The normalized spacial score (nSPS) is 26.9. The van der Waals surface area contributed by atoms with Gasteiger partial charge in [0.1, 0.15) is 5.69 Å². The van der Waals surface area contributed by atoms with Crippen molar-refractivity contribution in [2.24, 2.45) is 10.8 Å². The number of carbonyl (C=O) groups excluding carboxylic acids is 2. The molecule has 2 aromatic rings. The molecule has 1 amide bonds. The maximum Gasteiger partial charge on any atom is 0.355 e. The zero-order valence-electron chi connectivity index (χ0n) is 15.7. The average molecular weight is 354 g/mol. The molecule has 0 spiro atoms. The fraction of sp³-hybridized carbons (Fsp3) is 0.524. The van der Waals surface area contributed by atoms with Gasteiger partial charge in [-0.2, -0.15) is 0 Å². The summed E-state index contributed by atoms with van der Waals surface area (Å²) in [6.07, 6.45) is 3.21. The highest BCUT2D eigenvalue weighted by molar-refractivity contribution is 5.95. The van der Waals surface area contributed by atoms with Crippen molar-refractivity contribution in [3.05, 3.63) is 36.0 Å². The van der Waals surface area contributed by atoms with E-state index in [-0.39, 0.29) is 29.4 Å². The molecule has 1 N–H and O–H groups in total. The Morgan fingerprint density at radius 2 is 2.00 bits per heavy atom. The number of para-hydroxylation sites is 1. The number of amides is 1. The zero-order valence-corrected chi connectivity index (χ0v) is 15.7. The molecule has 1 saturated carbocycles. The van der Waals surface area contributed by atoms with E-state index in [1.165, 1.54) is 0 Å². The molecule has 1 aliphatic heterocycles. The van der Waals surface area contributed by atoms with Crippen LogP contribution in [0.5, 0.6) is 0 Å². The number of hydrogen-bond donors (Lipinski definition) is 1. The monoisotopic (exact) mass is 354 g/mol. The molecule has 2 heterocycles. The number of rotatable bonds is 3. The van der Waals surface area contributed by atoms with Crippen LogP contribution in [0.4, 0.5) is 0 Å². The van der Waals surface area contributed by atoms with Gasteiger partial charge in [0.25, 0.3) is 5.91 Å². The molecule has 2 atom stereocenters. The summed E-state index contributed by atoms with van der Waals surface area (Å²) < 4.78 is 5.30. The van der Waals surface area contributed by atoms with Crippen LogP contribution in [0.1, 0.15) is 50.5 Å². The van der Waals surface area contributed by atoms with E-state index in [0.717, 1.165) is 36.7 Å². The predicted octanol–water partition coefficient (Wildman–Crippen LogP) is 3.75. The standard InChI is InChI=1S/C21H26N2O3/c1-20(2)9-15-10-21(3,12-20)13-23(15)18(24)11-26-19(25)17-8-14-6-4-5-7-16(14)22-17/h4-8,15,22H,9-13H2,1-3H3/t15-,21-/m0/s1. The Bertz CT molecular complexity index is 836. The molecule has 1 saturated heterocycles. The molecule has 1 aromatic heterocycles. The summed E-state index contributed by atoms with van der Waals surface area (Å²) in [5.74, 6) is -0.566. The number of aromatic amines is 1. The highest BCUT2D eigenvalue weighted by atomic mass is 16.5. The van der Waals surface area contributed by atoms with Gasteiger partial charge in [-0.25, -0.2) is 4.79 Å². The second-order valence-electron chi connectivity index (χ2n) is 9.08. The van der Waals surface area contributed by atoms with E-state index >= 15 is 0 Å². The summed E-state index contributed by atoms with van der Waals surface area (Å²) in [6.45, 7) is 7.40. The first kappa shape index (κ1) is 17.1. The molecule has 2 aliphatic rings. The second-order valence-corrected chi connectivity index (χ2v) is 9.08. The zero-order chi connectivity index (χ0) is 18.5. The lowest BCUT2D eigenvalue weighted by atomic mass is 9.65. The quantitative estimate of drug-likeness (QED) is 0.854. The summed E-state index contributed by atoms with van der Waals surface area (Å²) in [5.41, 5.74) is 1.71. The van der Waals surface area contributed by atoms with Gasteiger partial charge >= 0.3 is 5.97 Å². The van der Waals surface area contributed by atoms with E-state index in [1.807, 2.05) is 29.2 Å². The predicted molar refractivity (Wildman–Crippen MR) is 99.8 cm³/mol. The number of carbonyl (C=O) groups is 2. The number of esters is 1. The third-order valence-corrected chi connectivity index (χ3v) is 5.81. The van der Waals surface area contributed by atoms with E-state index in [0.29, 0.717) is 5.69 Å². The van der Waals surface area contributed by atoms with Crippen molar-refractivity contribution in [2.75, 3.05) is 13.2 Å². The number of H-pyrrole nitrogens is 1. The Balaban J connectivity index is 1.40. The van der Waals surface area contributed by atoms with Gasteiger partial charge in [-0.05, 0) is 42.2 Å². The van der Waals surface area contributed by atoms with Crippen molar-refractivity contribution in [1.82, 2.24) is 9.88 Å². The fourth-order valence-electron chi connectivity index (χ4n) is 5.22. The molecule has 4 rings (SSSR count). The van der Waals surface area contributed by atoms with Crippen LogP contribution in [0.25, 0.3) is 10.9 Å². The van der Waals surface area contributed by atoms with Crippen molar-refractivity contribution in [2.45, 2.75) is 46.1 Å². The Morgan fingerprint density at radius 1 is 1.23 bits per heavy atom. The number of nitrogens with zero attached hydrogens (tertiary/aromatic N) is 1. The minimum Gasteiger partial charge on any atom is -0.451 e. The summed E-state index contributed by atoms with van der Waals surface area (Å²) >= 11 is 0. The Kier molecular flexibility index (Phi) is 3.86. The minimum absolute atomic E-state index is 0.0825. The molecule has 1 aliphatic carbocycles. The van der Waals surface area contributed by atoms with Crippen LogP contribution in [-0.2, 0) is 9.53 Å². The molecule has 26 heavy (non-hydrogen) atoms. The van der Waals surface area contributed by atoms with Gasteiger partial charge in [0.05, 0.1) is 0 Å². The number of fused-ring (bicyclic) bond motifs is 3. The summed E-state index contributed by atoms with van der Waals surface area (Å²) in [5, 5.41) is 0.953. The first-order chi connectivity index (χ1) is 12.2. The Morgan fingerprint density at radius 3 is 2.77 bits per heavy atom. The van der Waals surface area contributed by atoms with Gasteiger partial charge in [-0.3, -0.25) is 4.79 Å². The molecular weight excluding hydrogens is 328 g/mol. The summed E-state index contributed by atoms with van der Waals surface area (Å²) in [7, 11) is 0. The number of likely N-dealkylation sites (tertiary alicyclic amines) is 1. The van der Waals surface area contributed by atoms with Crippen molar-refractivity contribution in [3.63, 3.8) is 0 Å². The highest BCUT2D eigenvalue weighted by Crippen LogP contribution is 2.52. The summed E-state index contributed by atoms with van der Waals surface area (Å²) in [6, 6.07) is 9.69. The molecule has 0 unspecified atom stereocenters. The van der Waals surface area contributed by atoms with Crippen molar-refractivity contribution >= 4 is 22.8 Å². The van der Waals surface area contributed by atoms with Crippen LogP contribution in [0.15, 0.2) is 30.3 Å². The maximum absolute atomic E-state index is 12.7. The summed E-state index contributed by atoms with van der Waals surface area (Å²) in [4.78, 5) is 30.0. The fourth-order valence-corrected chi connectivity index (χ4v) is 5.22. The molecule has 2 fully saturated rings. The second kappa shape index (κ2) is 5.86. The number of aromatic nitrogens is 1. The van der Waals surface area contributed by atoms with Crippen LogP contribution in [0.2, 0.25) is 0 Å².